The molecule has 21 heavy (non-hydrogen) atoms. The first-order valence-corrected chi connectivity index (χ1v) is 8.48. The molecule has 0 bridgehead atoms. The van der Waals surface area contributed by atoms with E-state index in [1.165, 1.54) is 23.3 Å². The largest absolute Gasteiger partial charge is 0.339 e. The zero-order valence-corrected chi connectivity index (χ0v) is 13.4. The van der Waals surface area contributed by atoms with E-state index in [0.29, 0.717) is 0 Å². The van der Waals surface area contributed by atoms with Gasteiger partial charge < -0.3 is 10.3 Å². The molecule has 0 unspecified atom stereocenters. The number of nitrogens with two attached hydrogens (primary N) is 1. The van der Waals surface area contributed by atoms with Crippen LogP contribution in [0, 0.1) is 6.92 Å². The minimum Gasteiger partial charge on any atom is -0.339 e. The molecule has 1 aromatic heterocycles. The zero-order chi connectivity index (χ0) is 14.9. The van der Waals surface area contributed by atoms with Gasteiger partial charge in [0.15, 0.2) is 5.82 Å². The van der Waals surface area contributed by atoms with Gasteiger partial charge in [-0.3, -0.25) is 0 Å². The highest BCUT2D eigenvalue weighted by Gasteiger charge is 2.07. The fraction of sp³-hybridized carbons (Fsp3) is 0.500. The summed E-state index contributed by atoms with van der Waals surface area (Å²) in [5, 5.41) is 4.05. The average Bonchev–Trinajstić information content (AvgIpc) is 2.94. The van der Waals surface area contributed by atoms with Gasteiger partial charge in [-0.25, -0.2) is 0 Å². The van der Waals surface area contributed by atoms with Crippen LogP contribution in [0.25, 0.3) is 0 Å². The molecule has 0 saturated carbocycles. The highest BCUT2D eigenvalue weighted by molar-refractivity contribution is 7.98. The SMILES string of the molecule is Cc1ccccc1SCc1noc(CCCCCCN)n1. The third-order valence-corrected chi connectivity index (χ3v) is 4.48. The number of hydrogen-bond donors (Lipinski definition) is 1. The Morgan fingerprint density at radius 1 is 1.14 bits per heavy atom. The quantitative estimate of drug-likeness (QED) is 0.565. The maximum Gasteiger partial charge on any atom is 0.226 e. The van der Waals surface area contributed by atoms with E-state index < -0.39 is 0 Å². The standard InChI is InChI=1S/C16H23N3OS/c1-13-8-5-6-9-14(13)21-12-15-18-16(20-19-15)10-4-2-3-7-11-17/h5-6,8-9H,2-4,7,10-12,17H2,1H3. The summed E-state index contributed by atoms with van der Waals surface area (Å²) in [5.41, 5.74) is 6.76. The first-order chi connectivity index (χ1) is 10.3. The highest BCUT2D eigenvalue weighted by atomic mass is 32.2. The third kappa shape index (κ3) is 5.52. The Labute approximate surface area is 130 Å². The second-order valence-electron chi connectivity index (χ2n) is 5.11. The molecule has 0 amide bonds. The molecular formula is C16H23N3OS. The van der Waals surface area contributed by atoms with Gasteiger partial charge in [-0.15, -0.1) is 11.8 Å². The molecule has 0 atom stereocenters. The van der Waals surface area contributed by atoms with Crippen molar-refractivity contribution in [3.8, 4) is 0 Å². The number of benzene rings is 1. The van der Waals surface area contributed by atoms with Crippen molar-refractivity contribution in [2.24, 2.45) is 5.73 Å². The predicted octanol–water partition coefficient (Wildman–Crippen LogP) is 3.73. The summed E-state index contributed by atoms with van der Waals surface area (Å²) < 4.78 is 5.29. The van der Waals surface area contributed by atoms with Crippen LogP contribution in [0.3, 0.4) is 0 Å². The zero-order valence-electron chi connectivity index (χ0n) is 12.5. The molecule has 114 valence electrons. The molecule has 1 aromatic carbocycles. The van der Waals surface area contributed by atoms with Crippen LogP contribution < -0.4 is 5.73 Å². The Morgan fingerprint density at radius 2 is 1.95 bits per heavy atom. The fourth-order valence-electron chi connectivity index (χ4n) is 2.09. The first kappa shape index (κ1) is 16.0. The molecule has 4 nitrogen and oxygen atoms in total. The number of unbranched alkanes of at least 4 members (excludes halogenated alkanes) is 3. The summed E-state index contributed by atoms with van der Waals surface area (Å²) in [4.78, 5) is 5.72. The second kappa shape index (κ2) is 8.85. The number of rotatable bonds is 9. The van der Waals surface area contributed by atoms with E-state index in [2.05, 4.69) is 41.3 Å². The molecule has 0 radical (unpaired) electrons. The van der Waals surface area contributed by atoms with Crippen molar-refractivity contribution in [2.75, 3.05) is 6.54 Å². The van der Waals surface area contributed by atoms with Gasteiger partial charge in [0, 0.05) is 11.3 Å². The number of aryl methyl sites for hydroxylation is 2. The highest BCUT2D eigenvalue weighted by Crippen LogP contribution is 2.24. The van der Waals surface area contributed by atoms with Crippen LogP contribution in [0.15, 0.2) is 33.7 Å². The van der Waals surface area contributed by atoms with E-state index >= 15 is 0 Å². The second-order valence-corrected chi connectivity index (χ2v) is 6.13. The summed E-state index contributed by atoms with van der Waals surface area (Å²) >= 11 is 1.75. The summed E-state index contributed by atoms with van der Waals surface area (Å²) in [6.45, 7) is 2.90. The Kier molecular flexibility index (Phi) is 6.76. The van der Waals surface area contributed by atoms with Gasteiger partial charge in [0.05, 0.1) is 5.75 Å². The monoisotopic (exact) mass is 305 g/mol. The summed E-state index contributed by atoms with van der Waals surface area (Å²) in [6, 6.07) is 8.35. The first-order valence-electron chi connectivity index (χ1n) is 7.49. The van der Waals surface area contributed by atoms with E-state index in [1.807, 2.05) is 0 Å². The van der Waals surface area contributed by atoms with Gasteiger partial charge in [-0.2, -0.15) is 4.98 Å². The Hall–Kier alpha value is -1.33. The van der Waals surface area contributed by atoms with Gasteiger partial charge in [-0.05, 0) is 37.9 Å². The molecule has 1 heterocycles. The van der Waals surface area contributed by atoms with Crippen LogP contribution in [0.1, 0.15) is 43.0 Å². The van der Waals surface area contributed by atoms with E-state index in [-0.39, 0.29) is 0 Å². The van der Waals surface area contributed by atoms with Crippen LogP contribution >= 0.6 is 11.8 Å². The molecular weight excluding hydrogens is 282 g/mol. The summed E-state index contributed by atoms with van der Waals surface area (Å²) in [5.74, 6) is 2.28. The molecule has 5 heteroatoms. The van der Waals surface area contributed by atoms with Gasteiger partial charge in [0.25, 0.3) is 0 Å². The van der Waals surface area contributed by atoms with Crippen LogP contribution in [-0.4, -0.2) is 16.7 Å². The van der Waals surface area contributed by atoms with Crippen molar-refractivity contribution in [3.05, 3.63) is 41.5 Å². The van der Waals surface area contributed by atoms with Crippen molar-refractivity contribution in [2.45, 2.75) is 49.7 Å². The maximum absolute atomic E-state index is 5.47. The van der Waals surface area contributed by atoms with Crippen LogP contribution in [0.5, 0.6) is 0 Å². The lowest BCUT2D eigenvalue weighted by Gasteiger charge is -2.01. The van der Waals surface area contributed by atoms with Crippen LogP contribution in [0.2, 0.25) is 0 Å². The summed E-state index contributed by atoms with van der Waals surface area (Å²) in [6.07, 6.45) is 5.41. The Morgan fingerprint density at radius 3 is 2.76 bits per heavy atom. The molecule has 0 saturated heterocycles. The van der Waals surface area contributed by atoms with Crippen LogP contribution in [0.4, 0.5) is 0 Å². The van der Waals surface area contributed by atoms with E-state index in [4.69, 9.17) is 10.3 Å². The number of thioether (sulfide) groups is 1. The van der Waals surface area contributed by atoms with Crippen molar-refractivity contribution < 1.29 is 4.52 Å². The average molecular weight is 305 g/mol. The lowest BCUT2D eigenvalue weighted by Crippen LogP contribution is -1.97. The molecule has 0 fully saturated rings. The lowest BCUT2D eigenvalue weighted by molar-refractivity contribution is 0.370. The smallest absolute Gasteiger partial charge is 0.226 e. The third-order valence-electron chi connectivity index (χ3n) is 3.31. The fourth-order valence-corrected chi connectivity index (χ4v) is 2.96. The minimum atomic E-state index is 0.752. The predicted molar refractivity (Wildman–Crippen MR) is 86.3 cm³/mol. The minimum absolute atomic E-state index is 0.752. The van der Waals surface area contributed by atoms with Crippen molar-refractivity contribution in [3.63, 3.8) is 0 Å². The Balaban J connectivity index is 1.74. The van der Waals surface area contributed by atoms with Crippen molar-refractivity contribution >= 4 is 11.8 Å². The van der Waals surface area contributed by atoms with E-state index in [1.54, 1.807) is 11.8 Å². The number of aromatic nitrogens is 2. The molecule has 0 aliphatic carbocycles. The van der Waals surface area contributed by atoms with E-state index in [0.717, 1.165) is 43.3 Å². The van der Waals surface area contributed by atoms with Crippen molar-refractivity contribution in [1.29, 1.82) is 0 Å². The van der Waals surface area contributed by atoms with Gasteiger partial charge in [0.1, 0.15) is 0 Å². The Bertz CT molecular complexity index is 542. The topological polar surface area (TPSA) is 64.9 Å². The van der Waals surface area contributed by atoms with E-state index in [9.17, 15) is 0 Å². The lowest BCUT2D eigenvalue weighted by atomic mass is 10.1. The molecule has 2 aromatic rings. The molecule has 2 N–H and O–H groups in total. The van der Waals surface area contributed by atoms with Crippen LogP contribution in [-0.2, 0) is 12.2 Å². The van der Waals surface area contributed by atoms with Gasteiger partial charge >= 0.3 is 0 Å². The molecule has 0 spiro atoms. The van der Waals surface area contributed by atoms with Gasteiger partial charge in [-0.1, -0.05) is 36.2 Å². The molecule has 0 aliphatic heterocycles. The summed E-state index contributed by atoms with van der Waals surface area (Å²) in [7, 11) is 0. The number of hydrogen-bond acceptors (Lipinski definition) is 5. The maximum atomic E-state index is 5.47. The van der Waals surface area contributed by atoms with Crippen molar-refractivity contribution in [1.82, 2.24) is 10.1 Å². The molecule has 0 aliphatic rings. The number of nitrogens with zero attached hydrogens (tertiary/aromatic N) is 2. The van der Waals surface area contributed by atoms with Gasteiger partial charge in [0.2, 0.25) is 5.89 Å². The normalized spacial score (nSPS) is 11.0. The molecule has 2 rings (SSSR count).